The second-order valence-corrected chi connectivity index (χ2v) is 5.97. The Morgan fingerprint density at radius 2 is 1.68 bits per heavy atom. The lowest BCUT2D eigenvalue weighted by molar-refractivity contribution is -0.925. The van der Waals surface area contributed by atoms with Gasteiger partial charge in [-0.05, 0) is 24.6 Å². The smallest absolute Gasteiger partial charge is 0.161 e. The third kappa shape index (κ3) is 3.63. The van der Waals surface area contributed by atoms with Gasteiger partial charge in [-0.3, -0.25) is 0 Å². The van der Waals surface area contributed by atoms with Crippen molar-refractivity contribution in [3.05, 3.63) is 23.8 Å². The second-order valence-electron chi connectivity index (χ2n) is 5.97. The number of rotatable bonds is 4. The Morgan fingerprint density at radius 3 is 2.26 bits per heavy atom. The fraction of sp³-hybridized carbons (Fsp3) is 0.625. The highest BCUT2D eigenvalue weighted by molar-refractivity contribution is 5.42. The normalized spacial score (nSPS) is 27.1. The number of benzene rings is 1. The largest absolute Gasteiger partial charge is 0.493 e. The van der Waals surface area contributed by atoms with E-state index in [4.69, 9.17) is 9.47 Å². The molecule has 1 aromatic rings. The second kappa shape index (κ2) is 6.29. The van der Waals surface area contributed by atoms with Gasteiger partial charge in [0.05, 0.1) is 27.3 Å². The lowest BCUT2D eigenvalue weighted by atomic mass is 9.91. The molecule has 106 valence electrons. The van der Waals surface area contributed by atoms with Gasteiger partial charge in [-0.15, -0.1) is 0 Å². The summed E-state index contributed by atoms with van der Waals surface area (Å²) in [5.41, 5.74) is 1.33. The van der Waals surface area contributed by atoms with Gasteiger partial charge >= 0.3 is 0 Å². The predicted octanol–water partition coefficient (Wildman–Crippen LogP) is 1.76. The summed E-state index contributed by atoms with van der Waals surface area (Å²) in [6.45, 7) is 8.36. The zero-order chi connectivity index (χ0) is 13.8. The van der Waals surface area contributed by atoms with Crippen LogP contribution >= 0.6 is 0 Å². The fourth-order valence-corrected chi connectivity index (χ4v) is 3.35. The average Bonchev–Trinajstić information content (AvgIpc) is 2.37. The molecule has 0 spiro atoms. The molecule has 0 aliphatic carbocycles. The van der Waals surface area contributed by atoms with Crippen molar-refractivity contribution < 1.29 is 14.4 Å². The number of nitrogens with one attached hydrogen (secondary N) is 1. The van der Waals surface area contributed by atoms with Crippen molar-refractivity contribution in [2.45, 2.75) is 26.8 Å². The van der Waals surface area contributed by atoms with Crippen molar-refractivity contribution in [1.29, 1.82) is 0 Å². The maximum Gasteiger partial charge on any atom is 0.161 e. The highest BCUT2D eigenvalue weighted by Gasteiger charge is 2.25. The molecule has 1 fully saturated rings. The first-order valence-corrected chi connectivity index (χ1v) is 7.16. The van der Waals surface area contributed by atoms with Crippen molar-refractivity contribution in [2.24, 2.45) is 11.8 Å². The average molecular weight is 264 g/mol. The van der Waals surface area contributed by atoms with E-state index < -0.39 is 0 Å². The summed E-state index contributed by atoms with van der Waals surface area (Å²) in [5, 5.41) is 0. The summed E-state index contributed by atoms with van der Waals surface area (Å²) in [7, 11) is 3.37. The van der Waals surface area contributed by atoms with E-state index in [1.165, 1.54) is 25.1 Å². The van der Waals surface area contributed by atoms with E-state index in [1.54, 1.807) is 19.1 Å². The maximum absolute atomic E-state index is 5.37. The van der Waals surface area contributed by atoms with Gasteiger partial charge in [-0.1, -0.05) is 13.8 Å². The number of piperidine rings is 1. The van der Waals surface area contributed by atoms with Gasteiger partial charge < -0.3 is 14.4 Å². The van der Waals surface area contributed by atoms with Crippen LogP contribution in [0, 0.1) is 11.8 Å². The zero-order valence-electron chi connectivity index (χ0n) is 12.5. The van der Waals surface area contributed by atoms with E-state index in [-0.39, 0.29) is 0 Å². The molecule has 1 heterocycles. The molecule has 19 heavy (non-hydrogen) atoms. The van der Waals surface area contributed by atoms with Gasteiger partial charge in [0.2, 0.25) is 0 Å². The SMILES string of the molecule is COc1ccc(C[NH+]2C[C@H](C)C[C@@H](C)C2)cc1OC. The topological polar surface area (TPSA) is 22.9 Å². The minimum Gasteiger partial charge on any atom is -0.493 e. The molecule has 2 atom stereocenters. The summed E-state index contributed by atoms with van der Waals surface area (Å²) in [6.07, 6.45) is 1.37. The Morgan fingerprint density at radius 1 is 1.05 bits per heavy atom. The first kappa shape index (κ1) is 14.2. The van der Waals surface area contributed by atoms with Crippen molar-refractivity contribution in [2.75, 3.05) is 27.3 Å². The zero-order valence-corrected chi connectivity index (χ0v) is 12.5. The molecule has 1 N–H and O–H groups in total. The number of methoxy groups -OCH3 is 2. The molecule has 2 rings (SSSR count). The van der Waals surface area contributed by atoms with Gasteiger partial charge in [0.1, 0.15) is 6.54 Å². The quantitative estimate of drug-likeness (QED) is 0.895. The van der Waals surface area contributed by atoms with Crippen LogP contribution in [-0.4, -0.2) is 27.3 Å². The predicted molar refractivity (Wildman–Crippen MR) is 76.9 cm³/mol. The van der Waals surface area contributed by atoms with E-state index in [2.05, 4.69) is 26.0 Å². The summed E-state index contributed by atoms with van der Waals surface area (Å²) in [4.78, 5) is 1.68. The maximum atomic E-state index is 5.37. The van der Waals surface area contributed by atoms with Crippen LogP contribution in [0.2, 0.25) is 0 Å². The Labute approximate surface area is 116 Å². The van der Waals surface area contributed by atoms with Crippen LogP contribution < -0.4 is 14.4 Å². The standard InChI is InChI=1S/C16H25NO2/c1-12-7-13(2)10-17(9-12)11-14-5-6-15(18-3)16(8-14)19-4/h5-6,8,12-13H,7,9-11H2,1-4H3/p+1/t12-,13-/m1/s1. The van der Waals surface area contributed by atoms with Crippen LogP contribution in [0.25, 0.3) is 0 Å². The van der Waals surface area contributed by atoms with Crippen LogP contribution in [0.3, 0.4) is 0 Å². The number of quaternary nitrogens is 1. The molecule has 1 aromatic carbocycles. The molecule has 1 aliphatic heterocycles. The first-order valence-electron chi connectivity index (χ1n) is 7.16. The van der Waals surface area contributed by atoms with Crippen LogP contribution in [0.5, 0.6) is 11.5 Å². The van der Waals surface area contributed by atoms with E-state index in [1.807, 2.05) is 6.07 Å². The molecule has 0 saturated carbocycles. The first-order chi connectivity index (χ1) is 9.12. The van der Waals surface area contributed by atoms with E-state index in [0.717, 1.165) is 29.9 Å². The Balaban J connectivity index is 2.06. The lowest BCUT2D eigenvalue weighted by Crippen LogP contribution is -3.13. The summed E-state index contributed by atoms with van der Waals surface area (Å²) in [5.74, 6) is 3.30. The molecule has 0 unspecified atom stereocenters. The number of hydrogen-bond acceptors (Lipinski definition) is 2. The molecule has 0 radical (unpaired) electrons. The molecule has 1 saturated heterocycles. The van der Waals surface area contributed by atoms with Gasteiger partial charge in [0.25, 0.3) is 0 Å². The van der Waals surface area contributed by atoms with Crippen LogP contribution in [0.15, 0.2) is 18.2 Å². The van der Waals surface area contributed by atoms with Crippen molar-refractivity contribution in [3.8, 4) is 11.5 Å². The van der Waals surface area contributed by atoms with Crippen LogP contribution in [-0.2, 0) is 6.54 Å². The molecule has 0 aromatic heterocycles. The fourth-order valence-electron chi connectivity index (χ4n) is 3.35. The molecule has 3 heteroatoms. The number of hydrogen-bond donors (Lipinski definition) is 1. The Bertz CT molecular complexity index is 409. The van der Waals surface area contributed by atoms with Crippen LogP contribution in [0.1, 0.15) is 25.8 Å². The van der Waals surface area contributed by atoms with E-state index in [9.17, 15) is 0 Å². The van der Waals surface area contributed by atoms with Gasteiger partial charge in [-0.25, -0.2) is 0 Å². The van der Waals surface area contributed by atoms with Crippen molar-refractivity contribution >= 4 is 0 Å². The summed E-state index contributed by atoms with van der Waals surface area (Å²) < 4.78 is 10.7. The molecule has 0 amide bonds. The Hall–Kier alpha value is -1.22. The van der Waals surface area contributed by atoms with Crippen LogP contribution in [0.4, 0.5) is 0 Å². The molecule has 3 nitrogen and oxygen atoms in total. The lowest BCUT2D eigenvalue weighted by Gasteiger charge is -2.32. The monoisotopic (exact) mass is 264 g/mol. The summed E-state index contributed by atoms with van der Waals surface area (Å²) >= 11 is 0. The van der Waals surface area contributed by atoms with Gasteiger partial charge in [0.15, 0.2) is 11.5 Å². The van der Waals surface area contributed by atoms with E-state index in [0.29, 0.717) is 0 Å². The third-order valence-corrected chi connectivity index (χ3v) is 3.98. The molecule has 0 bridgehead atoms. The van der Waals surface area contributed by atoms with Gasteiger partial charge in [0, 0.05) is 17.4 Å². The van der Waals surface area contributed by atoms with Gasteiger partial charge in [-0.2, -0.15) is 0 Å². The van der Waals surface area contributed by atoms with E-state index >= 15 is 0 Å². The highest BCUT2D eigenvalue weighted by Crippen LogP contribution is 2.27. The highest BCUT2D eigenvalue weighted by atomic mass is 16.5. The number of ether oxygens (including phenoxy) is 2. The summed E-state index contributed by atoms with van der Waals surface area (Å²) in [6, 6.07) is 6.26. The minimum absolute atomic E-state index is 0.807. The molecular formula is C16H26NO2+. The third-order valence-electron chi connectivity index (χ3n) is 3.98. The minimum atomic E-state index is 0.807. The van der Waals surface area contributed by atoms with Crippen molar-refractivity contribution in [1.82, 2.24) is 0 Å². The molecular weight excluding hydrogens is 238 g/mol. The van der Waals surface area contributed by atoms with Crippen molar-refractivity contribution in [3.63, 3.8) is 0 Å². The Kier molecular flexibility index (Phi) is 4.70. The molecule has 1 aliphatic rings. The number of likely N-dealkylation sites (tertiary alicyclic amines) is 1.